The third-order valence-corrected chi connectivity index (χ3v) is 4.85. The predicted molar refractivity (Wildman–Crippen MR) is 91.1 cm³/mol. The molecule has 0 aliphatic heterocycles. The monoisotopic (exact) mass is 493 g/mol. The maximum absolute atomic E-state index is 9.69. The van der Waals surface area contributed by atoms with Crippen molar-refractivity contribution in [2.75, 3.05) is 0 Å². The number of rotatable bonds is 2. The average Bonchev–Trinajstić information content (AvgIpc) is 2.77. The van der Waals surface area contributed by atoms with E-state index >= 15 is 0 Å². The Bertz CT molecular complexity index is 481. The lowest BCUT2D eigenvalue weighted by Gasteiger charge is -2.12. The van der Waals surface area contributed by atoms with E-state index in [1.165, 1.54) is 0 Å². The van der Waals surface area contributed by atoms with Crippen LogP contribution in [0.15, 0.2) is 29.6 Å². The maximum atomic E-state index is 9.69. The molecule has 1 heterocycles. The van der Waals surface area contributed by atoms with E-state index < -0.39 is 0 Å². The largest absolute Gasteiger partial charge is 0.506 e. The number of nitrogens with two attached hydrogens (primary N) is 1. The molecule has 2 rings (SSSR count). The topological polar surface area (TPSA) is 46.2 Å². The second kappa shape index (κ2) is 6.55. The van der Waals surface area contributed by atoms with Gasteiger partial charge in [0.1, 0.15) is 5.75 Å². The average molecular weight is 494 g/mol. The number of thiophene rings is 1. The Morgan fingerprint density at radius 1 is 1.24 bits per heavy atom. The first-order valence-electron chi connectivity index (χ1n) is 4.56. The molecule has 1 aromatic heterocycles. The highest BCUT2D eigenvalue weighted by Gasteiger charge is 2.13. The fourth-order valence-corrected chi connectivity index (χ4v) is 3.97. The molecule has 0 fully saturated rings. The SMILES string of the molecule is Cl.N[C@H](c1cc(I)c(O)c(I)c1)c1cccs1. The van der Waals surface area contributed by atoms with Gasteiger partial charge in [-0.25, -0.2) is 0 Å². The van der Waals surface area contributed by atoms with E-state index in [1.54, 1.807) is 11.3 Å². The maximum Gasteiger partial charge on any atom is 0.142 e. The predicted octanol–water partition coefficient (Wildman–Crippen LogP) is 4.13. The molecule has 1 aromatic carbocycles. The smallest absolute Gasteiger partial charge is 0.142 e. The van der Waals surface area contributed by atoms with Gasteiger partial charge < -0.3 is 10.8 Å². The van der Waals surface area contributed by atoms with Crippen molar-refractivity contribution in [1.29, 1.82) is 0 Å². The first-order chi connectivity index (χ1) is 7.59. The minimum Gasteiger partial charge on any atom is -0.506 e. The number of aromatic hydroxyl groups is 1. The number of phenolic OH excluding ortho intramolecular Hbond substituents is 1. The van der Waals surface area contributed by atoms with Gasteiger partial charge in [-0.15, -0.1) is 23.7 Å². The summed E-state index contributed by atoms with van der Waals surface area (Å²) in [7, 11) is 0. The zero-order chi connectivity index (χ0) is 11.7. The zero-order valence-corrected chi connectivity index (χ0v) is 14.5. The molecule has 0 radical (unpaired) electrons. The molecule has 3 N–H and O–H groups in total. The molecule has 6 heteroatoms. The molecule has 1 atom stereocenters. The summed E-state index contributed by atoms with van der Waals surface area (Å²) in [5.41, 5.74) is 7.21. The Hall–Kier alpha value is 0.430. The van der Waals surface area contributed by atoms with Crippen LogP contribution < -0.4 is 5.73 Å². The number of hydrogen-bond donors (Lipinski definition) is 2. The number of halogens is 3. The van der Waals surface area contributed by atoms with Crippen molar-refractivity contribution in [3.05, 3.63) is 47.2 Å². The molecule has 0 aliphatic rings. The van der Waals surface area contributed by atoms with Crippen LogP contribution in [0.5, 0.6) is 5.75 Å². The van der Waals surface area contributed by atoms with E-state index in [2.05, 4.69) is 45.2 Å². The molecule has 92 valence electrons. The minimum absolute atomic E-state index is 0. The molecule has 2 aromatic rings. The van der Waals surface area contributed by atoms with Gasteiger partial charge in [-0.05, 0) is 74.3 Å². The lowest BCUT2D eigenvalue weighted by molar-refractivity contribution is 0.467. The van der Waals surface area contributed by atoms with Gasteiger partial charge in [0.05, 0.1) is 13.2 Å². The van der Waals surface area contributed by atoms with E-state index in [-0.39, 0.29) is 18.4 Å². The second-order valence-corrected chi connectivity index (χ2v) is 6.63. The quantitative estimate of drug-likeness (QED) is 0.618. The van der Waals surface area contributed by atoms with Gasteiger partial charge in [-0.3, -0.25) is 0 Å². The molecule has 0 unspecified atom stereocenters. The summed E-state index contributed by atoms with van der Waals surface area (Å²) in [6.45, 7) is 0. The van der Waals surface area contributed by atoms with Crippen molar-refractivity contribution in [3.63, 3.8) is 0 Å². The van der Waals surface area contributed by atoms with Crippen LogP contribution in [0, 0.1) is 7.14 Å². The van der Waals surface area contributed by atoms with Crippen LogP contribution in [-0.2, 0) is 0 Å². The highest BCUT2D eigenvalue weighted by atomic mass is 127. The van der Waals surface area contributed by atoms with Crippen LogP contribution in [-0.4, -0.2) is 5.11 Å². The molecule has 17 heavy (non-hydrogen) atoms. The van der Waals surface area contributed by atoms with Crippen LogP contribution in [0.1, 0.15) is 16.5 Å². The Balaban J connectivity index is 0.00000144. The van der Waals surface area contributed by atoms with Gasteiger partial charge in [0.15, 0.2) is 0 Å². The normalized spacial score (nSPS) is 11.9. The summed E-state index contributed by atoms with van der Waals surface area (Å²) >= 11 is 5.89. The molecule has 0 saturated heterocycles. The van der Waals surface area contributed by atoms with E-state index in [1.807, 2.05) is 29.6 Å². The Morgan fingerprint density at radius 3 is 2.29 bits per heavy atom. The molecule has 0 aliphatic carbocycles. The number of hydrogen-bond acceptors (Lipinski definition) is 3. The van der Waals surface area contributed by atoms with Gasteiger partial charge >= 0.3 is 0 Å². The van der Waals surface area contributed by atoms with Gasteiger partial charge in [0, 0.05) is 4.88 Å². The van der Waals surface area contributed by atoms with Gasteiger partial charge in [0.2, 0.25) is 0 Å². The first kappa shape index (κ1) is 15.5. The van der Waals surface area contributed by atoms with E-state index in [0.29, 0.717) is 5.75 Å². The van der Waals surface area contributed by atoms with Crippen molar-refractivity contribution in [2.24, 2.45) is 5.73 Å². The number of benzene rings is 1. The van der Waals surface area contributed by atoms with Crippen LogP contribution in [0.2, 0.25) is 0 Å². The van der Waals surface area contributed by atoms with Crippen molar-refractivity contribution >= 4 is 68.9 Å². The summed E-state index contributed by atoms with van der Waals surface area (Å²) < 4.78 is 1.68. The number of phenols is 1. The van der Waals surface area contributed by atoms with Gasteiger partial charge in [-0.2, -0.15) is 0 Å². The van der Waals surface area contributed by atoms with Crippen molar-refractivity contribution in [1.82, 2.24) is 0 Å². The Kier molecular flexibility index (Phi) is 5.97. The summed E-state index contributed by atoms with van der Waals surface area (Å²) in [6, 6.07) is 7.78. The fourth-order valence-electron chi connectivity index (χ4n) is 1.40. The summed E-state index contributed by atoms with van der Waals surface area (Å²) in [6.07, 6.45) is 0. The highest BCUT2D eigenvalue weighted by Crippen LogP contribution is 2.32. The molecule has 0 bridgehead atoms. The summed E-state index contributed by atoms with van der Waals surface area (Å²) in [5.74, 6) is 0.336. The van der Waals surface area contributed by atoms with Crippen molar-refractivity contribution < 1.29 is 5.11 Å². The lowest BCUT2D eigenvalue weighted by Crippen LogP contribution is -2.10. The van der Waals surface area contributed by atoms with Crippen LogP contribution in [0.4, 0.5) is 0 Å². The van der Waals surface area contributed by atoms with Crippen LogP contribution in [0.3, 0.4) is 0 Å². The van der Waals surface area contributed by atoms with Crippen molar-refractivity contribution in [3.8, 4) is 5.75 Å². The molecule has 0 spiro atoms. The molecule has 2 nitrogen and oxygen atoms in total. The summed E-state index contributed by atoms with van der Waals surface area (Å²) in [5, 5.41) is 11.7. The summed E-state index contributed by atoms with van der Waals surface area (Å²) in [4.78, 5) is 1.14. The van der Waals surface area contributed by atoms with Crippen molar-refractivity contribution in [2.45, 2.75) is 6.04 Å². The van der Waals surface area contributed by atoms with Gasteiger partial charge in [-0.1, -0.05) is 6.07 Å². The minimum atomic E-state index is -0.109. The standard InChI is InChI=1S/C11H9I2NOS.ClH/c12-7-4-6(5-8(13)11(7)15)10(14)9-2-1-3-16-9;/h1-5,10,15H,14H2;1H/t10-;/m1./s1. The van der Waals surface area contributed by atoms with Crippen LogP contribution in [0.25, 0.3) is 0 Å². The van der Waals surface area contributed by atoms with E-state index in [0.717, 1.165) is 17.6 Å². The van der Waals surface area contributed by atoms with E-state index in [9.17, 15) is 5.11 Å². The third kappa shape index (κ3) is 3.46. The lowest BCUT2D eigenvalue weighted by atomic mass is 10.1. The molecular formula is C11H10ClI2NOS. The highest BCUT2D eigenvalue weighted by molar-refractivity contribution is 14.1. The third-order valence-electron chi connectivity index (χ3n) is 2.25. The first-order valence-corrected chi connectivity index (χ1v) is 7.60. The fraction of sp³-hybridized carbons (Fsp3) is 0.0909. The van der Waals surface area contributed by atoms with Gasteiger partial charge in [0.25, 0.3) is 0 Å². The van der Waals surface area contributed by atoms with E-state index in [4.69, 9.17) is 5.73 Å². The van der Waals surface area contributed by atoms with Crippen LogP contribution >= 0.6 is 68.9 Å². The Morgan fingerprint density at radius 2 is 1.82 bits per heavy atom. The molecule has 0 amide bonds. The molecule has 0 saturated carbocycles. The zero-order valence-electron chi connectivity index (χ0n) is 8.56. The Labute approximate surface area is 137 Å². The molecular weight excluding hydrogens is 483 g/mol. The second-order valence-electron chi connectivity index (χ2n) is 3.33.